The molecular weight excluding hydrogens is 98.1 g/mol. The average Bonchev–Trinajstić information content (AvgIpc) is 1.84. The number of hydrogen-bond donors (Lipinski definition) is 1. The van der Waals surface area contributed by atoms with Gasteiger partial charge in [0.1, 0.15) is 0 Å². The lowest BCUT2D eigenvalue weighted by Crippen LogP contribution is -2.17. The van der Waals surface area contributed by atoms with Crippen molar-refractivity contribution in [3.05, 3.63) is 0 Å². The second kappa shape index (κ2) is 3.90. The van der Waals surface area contributed by atoms with Crippen molar-refractivity contribution in [1.29, 1.82) is 0 Å². The molecule has 0 fully saturated rings. The molecule has 0 spiro atoms. The Morgan fingerprint density at radius 1 is 1.25 bits per heavy atom. The highest BCUT2D eigenvalue weighted by Crippen LogP contribution is 2.11. The van der Waals surface area contributed by atoms with Crippen molar-refractivity contribution in [1.82, 2.24) is 0 Å². The standard InChI is InChI=1S/C7H17N/c1-4-6(2)7(3)5-8/h6-7H,4-5,8H2,1-3H3/t6-,7+/m1/s1. The van der Waals surface area contributed by atoms with Gasteiger partial charge in [-0.3, -0.25) is 0 Å². The van der Waals surface area contributed by atoms with Crippen LogP contribution >= 0.6 is 0 Å². The van der Waals surface area contributed by atoms with Crippen LogP contribution in [-0.4, -0.2) is 6.54 Å². The Bertz CT molecular complexity index is 44.3. The molecule has 0 radical (unpaired) electrons. The summed E-state index contributed by atoms with van der Waals surface area (Å²) in [6.45, 7) is 7.48. The topological polar surface area (TPSA) is 26.0 Å². The molecule has 0 aliphatic carbocycles. The number of rotatable bonds is 3. The Balaban J connectivity index is 3.29. The molecule has 2 N–H and O–H groups in total. The van der Waals surface area contributed by atoms with Gasteiger partial charge in [0.15, 0.2) is 0 Å². The van der Waals surface area contributed by atoms with Crippen LogP contribution in [0.25, 0.3) is 0 Å². The van der Waals surface area contributed by atoms with Crippen molar-refractivity contribution in [3.8, 4) is 0 Å². The molecule has 8 heavy (non-hydrogen) atoms. The Kier molecular flexibility index (Phi) is 3.88. The molecule has 2 atom stereocenters. The molecule has 0 aromatic heterocycles. The van der Waals surface area contributed by atoms with Gasteiger partial charge in [0.05, 0.1) is 0 Å². The summed E-state index contributed by atoms with van der Waals surface area (Å²) in [5.41, 5.74) is 5.45. The van der Waals surface area contributed by atoms with Gasteiger partial charge in [0.25, 0.3) is 0 Å². The summed E-state index contributed by atoms with van der Waals surface area (Å²) >= 11 is 0. The van der Waals surface area contributed by atoms with Gasteiger partial charge < -0.3 is 5.73 Å². The normalized spacial score (nSPS) is 18.0. The summed E-state index contributed by atoms with van der Waals surface area (Å²) in [7, 11) is 0. The summed E-state index contributed by atoms with van der Waals surface area (Å²) in [6.07, 6.45) is 1.25. The molecule has 0 aliphatic heterocycles. The fraction of sp³-hybridized carbons (Fsp3) is 1.00. The smallest absolute Gasteiger partial charge is 0.00490 e. The molecule has 50 valence electrons. The summed E-state index contributed by atoms with van der Waals surface area (Å²) in [5.74, 6) is 1.49. The molecule has 0 bridgehead atoms. The maximum atomic E-state index is 5.45. The van der Waals surface area contributed by atoms with Crippen molar-refractivity contribution in [2.75, 3.05) is 6.54 Å². The largest absolute Gasteiger partial charge is 0.330 e. The van der Waals surface area contributed by atoms with Crippen molar-refractivity contribution in [2.24, 2.45) is 17.6 Å². The minimum absolute atomic E-state index is 0.694. The third kappa shape index (κ3) is 2.31. The fourth-order valence-corrected chi connectivity index (χ4v) is 0.635. The van der Waals surface area contributed by atoms with Gasteiger partial charge in [0, 0.05) is 0 Å². The zero-order valence-electron chi connectivity index (χ0n) is 6.15. The molecule has 0 aliphatic rings. The summed E-state index contributed by atoms with van der Waals surface area (Å²) < 4.78 is 0. The fourth-order valence-electron chi connectivity index (χ4n) is 0.635. The molecule has 0 amide bonds. The minimum atomic E-state index is 0.694. The van der Waals surface area contributed by atoms with E-state index >= 15 is 0 Å². The van der Waals surface area contributed by atoms with E-state index in [4.69, 9.17) is 5.73 Å². The van der Waals surface area contributed by atoms with Crippen LogP contribution in [0.15, 0.2) is 0 Å². The highest BCUT2D eigenvalue weighted by molar-refractivity contribution is 4.59. The van der Waals surface area contributed by atoms with Gasteiger partial charge >= 0.3 is 0 Å². The van der Waals surface area contributed by atoms with Gasteiger partial charge in [-0.15, -0.1) is 0 Å². The molecule has 0 unspecified atom stereocenters. The molecule has 0 rings (SSSR count). The molecule has 0 saturated carbocycles. The van der Waals surface area contributed by atoms with Crippen molar-refractivity contribution in [2.45, 2.75) is 27.2 Å². The van der Waals surface area contributed by atoms with E-state index < -0.39 is 0 Å². The second-order valence-electron chi connectivity index (χ2n) is 2.60. The summed E-state index contributed by atoms with van der Waals surface area (Å²) in [6, 6.07) is 0. The molecule has 0 saturated heterocycles. The zero-order chi connectivity index (χ0) is 6.57. The first-order chi connectivity index (χ1) is 3.72. The first-order valence-electron chi connectivity index (χ1n) is 3.42. The highest BCUT2D eigenvalue weighted by Gasteiger charge is 2.05. The van der Waals surface area contributed by atoms with Crippen LogP contribution in [0.4, 0.5) is 0 Å². The van der Waals surface area contributed by atoms with E-state index in [1.807, 2.05) is 0 Å². The third-order valence-electron chi connectivity index (χ3n) is 1.99. The van der Waals surface area contributed by atoms with Crippen LogP contribution in [0.3, 0.4) is 0 Å². The monoisotopic (exact) mass is 115 g/mol. The molecule has 0 aromatic carbocycles. The third-order valence-corrected chi connectivity index (χ3v) is 1.99. The first kappa shape index (κ1) is 7.96. The number of hydrogen-bond acceptors (Lipinski definition) is 1. The first-order valence-corrected chi connectivity index (χ1v) is 3.42. The van der Waals surface area contributed by atoms with E-state index in [2.05, 4.69) is 20.8 Å². The lowest BCUT2D eigenvalue weighted by Gasteiger charge is -2.14. The summed E-state index contributed by atoms with van der Waals surface area (Å²) in [4.78, 5) is 0. The Morgan fingerprint density at radius 3 is 1.88 bits per heavy atom. The van der Waals surface area contributed by atoms with Gasteiger partial charge in [-0.05, 0) is 18.4 Å². The van der Waals surface area contributed by atoms with Crippen molar-refractivity contribution >= 4 is 0 Å². The lowest BCUT2D eigenvalue weighted by atomic mass is 9.94. The van der Waals surface area contributed by atoms with E-state index in [9.17, 15) is 0 Å². The van der Waals surface area contributed by atoms with Gasteiger partial charge in [-0.1, -0.05) is 27.2 Å². The average molecular weight is 115 g/mol. The van der Waals surface area contributed by atoms with Crippen LogP contribution in [-0.2, 0) is 0 Å². The molecule has 0 heterocycles. The molecule has 1 nitrogen and oxygen atoms in total. The van der Waals surface area contributed by atoms with Crippen LogP contribution in [0.2, 0.25) is 0 Å². The predicted octanol–water partition coefficient (Wildman–Crippen LogP) is 1.63. The van der Waals surface area contributed by atoms with E-state index in [0.29, 0.717) is 5.92 Å². The van der Waals surface area contributed by atoms with Crippen LogP contribution in [0, 0.1) is 11.8 Å². The molecule has 1 heteroatoms. The minimum Gasteiger partial charge on any atom is -0.330 e. The van der Waals surface area contributed by atoms with Gasteiger partial charge in [0.2, 0.25) is 0 Å². The predicted molar refractivity (Wildman–Crippen MR) is 37.7 cm³/mol. The van der Waals surface area contributed by atoms with Crippen LogP contribution < -0.4 is 5.73 Å². The van der Waals surface area contributed by atoms with Crippen molar-refractivity contribution in [3.63, 3.8) is 0 Å². The number of nitrogens with two attached hydrogens (primary N) is 1. The maximum absolute atomic E-state index is 5.45. The Hall–Kier alpha value is -0.0400. The maximum Gasteiger partial charge on any atom is -0.00490 e. The van der Waals surface area contributed by atoms with Gasteiger partial charge in [-0.2, -0.15) is 0 Å². The Labute approximate surface area is 52.3 Å². The highest BCUT2D eigenvalue weighted by atomic mass is 14.5. The SMILES string of the molecule is CC[C@@H](C)[C@@H](C)CN. The van der Waals surface area contributed by atoms with Crippen molar-refractivity contribution < 1.29 is 0 Å². The van der Waals surface area contributed by atoms with Crippen LogP contribution in [0.1, 0.15) is 27.2 Å². The van der Waals surface area contributed by atoms with E-state index in [1.165, 1.54) is 6.42 Å². The summed E-state index contributed by atoms with van der Waals surface area (Å²) in [5, 5.41) is 0. The lowest BCUT2D eigenvalue weighted by molar-refractivity contribution is 0.386. The Morgan fingerprint density at radius 2 is 1.75 bits per heavy atom. The zero-order valence-corrected chi connectivity index (χ0v) is 6.15. The van der Waals surface area contributed by atoms with E-state index in [1.54, 1.807) is 0 Å². The second-order valence-corrected chi connectivity index (χ2v) is 2.60. The van der Waals surface area contributed by atoms with Gasteiger partial charge in [-0.25, -0.2) is 0 Å². The van der Waals surface area contributed by atoms with E-state index in [0.717, 1.165) is 12.5 Å². The van der Waals surface area contributed by atoms with E-state index in [-0.39, 0.29) is 0 Å². The quantitative estimate of drug-likeness (QED) is 0.594. The van der Waals surface area contributed by atoms with Crippen LogP contribution in [0.5, 0.6) is 0 Å². The molecular formula is C7H17N. The molecule has 0 aromatic rings.